The first kappa shape index (κ1) is 14.0. The molecule has 0 bridgehead atoms. The van der Waals surface area contributed by atoms with Crippen molar-refractivity contribution in [3.05, 3.63) is 59.7 Å². The highest BCUT2D eigenvalue weighted by molar-refractivity contribution is 6.09. The summed E-state index contributed by atoms with van der Waals surface area (Å²) in [5, 5.41) is 0. The molecule has 20 heavy (non-hydrogen) atoms. The Bertz CT molecular complexity index is 626. The number of pyridine rings is 1. The van der Waals surface area contributed by atoms with E-state index in [1.165, 1.54) is 24.4 Å². The smallest absolute Gasteiger partial charge is 0.405 e. The van der Waals surface area contributed by atoms with Crippen molar-refractivity contribution < 1.29 is 27.1 Å². The fraction of sp³-hybridized carbons (Fsp3) is 0.0769. The number of benzene rings is 1. The number of nitrogens with zero attached hydrogens (tertiary/aromatic N) is 1. The molecule has 2 rings (SSSR count). The first-order valence-electron chi connectivity index (χ1n) is 5.38. The SMILES string of the molecule is O=C(c1ccccn1)c1c(F)cccc1OC(F)(F)F. The van der Waals surface area contributed by atoms with Gasteiger partial charge in [-0.3, -0.25) is 9.78 Å². The molecule has 0 aliphatic carbocycles. The molecule has 104 valence electrons. The maximum absolute atomic E-state index is 13.7. The molecule has 0 aliphatic rings. The van der Waals surface area contributed by atoms with Crippen molar-refractivity contribution in [2.45, 2.75) is 6.36 Å². The van der Waals surface area contributed by atoms with Crippen LogP contribution in [0, 0.1) is 5.82 Å². The second-order valence-corrected chi connectivity index (χ2v) is 3.70. The summed E-state index contributed by atoms with van der Waals surface area (Å²) in [5.41, 5.74) is -0.979. The van der Waals surface area contributed by atoms with Crippen LogP contribution in [0.2, 0.25) is 0 Å². The molecule has 0 radical (unpaired) electrons. The molecule has 0 unspecified atom stereocenters. The van der Waals surface area contributed by atoms with Crippen molar-refractivity contribution in [1.29, 1.82) is 0 Å². The van der Waals surface area contributed by atoms with Gasteiger partial charge in [0.2, 0.25) is 5.78 Å². The van der Waals surface area contributed by atoms with Gasteiger partial charge in [-0.15, -0.1) is 13.2 Å². The molecular formula is C13H7F4NO2. The second kappa shape index (κ2) is 5.28. The minimum Gasteiger partial charge on any atom is -0.405 e. The maximum Gasteiger partial charge on any atom is 0.573 e. The Labute approximate surface area is 110 Å². The van der Waals surface area contributed by atoms with Crippen molar-refractivity contribution in [2.75, 3.05) is 0 Å². The molecule has 0 fully saturated rings. The quantitative estimate of drug-likeness (QED) is 0.641. The number of rotatable bonds is 3. The van der Waals surface area contributed by atoms with Gasteiger partial charge in [0.15, 0.2) is 0 Å². The van der Waals surface area contributed by atoms with Crippen LogP contribution in [0.1, 0.15) is 16.1 Å². The number of carbonyl (C=O) groups is 1. The first-order chi connectivity index (χ1) is 9.38. The van der Waals surface area contributed by atoms with Crippen molar-refractivity contribution in [2.24, 2.45) is 0 Å². The number of alkyl halides is 3. The van der Waals surface area contributed by atoms with Gasteiger partial charge in [0.05, 0.1) is 0 Å². The average molecular weight is 285 g/mol. The molecule has 3 nitrogen and oxygen atoms in total. The summed E-state index contributed by atoms with van der Waals surface area (Å²) in [5.74, 6) is -2.99. The number of hydrogen-bond donors (Lipinski definition) is 0. The Morgan fingerprint density at radius 3 is 2.45 bits per heavy atom. The minimum atomic E-state index is -5.02. The van der Waals surface area contributed by atoms with E-state index in [-0.39, 0.29) is 5.69 Å². The average Bonchev–Trinajstić information content (AvgIpc) is 2.37. The van der Waals surface area contributed by atoms with Crippen LogP contribution in [0.4, 0.5) is 17.6 Å². The Kier molecular flexibility index (Phi) is 3.69. The minimum absolute atomic E-state index is 0.176. The number of ether oxygens (including phenoxy) is 1. The van der Waals surface area contributed by atoms with Gasteiger partial charge in [0.25, 0.3) is 0 Å². The molecule has 0 N–H and O–H groups in total. The van der Waals surface area contributed by atoms with Crippen LogP contribution in [0.15, 0.2) is 42.6 Å². The molecular weight excluding hydrogens is 278 g/mol. The van der Waals surface area contributed by atoms with Crippen molar-refractivity contribution in [1.82, 2.24) is 4.98 Å². The number of ketones is 1. The van der Waals surface area contributed by atoms with E-state index in [0.29, 0.717) is 0 Å². The number of hydrogen-bond acceptors (Lipinski definition) is 3. The zero-order chi connectivity index (χ0) is 14.8. The monoisotopic (exact) mass is 285 g/mol. The van der Waals surface area contributed by atoms with E-state index < -0.39 is 29.3 Å². The van der Waals surface area contributed by atoms with Crippen LogP contribution in [-0.2, 0) is 0 Å². The molecule has 1 aromatic heterocycles. The third-order valence-electron chi connectivity index (χ3n) is 2.33. The van der Waals surface area contributed by atoms with Gasteiger partial charge in [0, 0.05) is 6.20 Å². The van der Waals surface area contributed by atoms with Gasteiger partial charge < -0.3 is 4.74 Å². The molecule has 1 aromatic carbocycles. The highest BCUT2D eigenvalue weighted by Gasteiger charge is 2.34. The van der Waals surface area contributed by atoms with Gasteiger partial charge >= 0.3 is 6.36 Å². The van der Waals surface area contributed by atoms with Crippen molar-refractivity contribution in [3.8, 4) is 5.75 Å². The summed E-state index contributed by atoms with van der Waals surface area (Å²) in [7, 11) is 0. The Balaban J connectivity index is 2.48. The standard InChI is InChI=1S/C13H7F4NO2/c14-8-4-3-6-10(20-13(15,16)17)11(8)12(19)9-5-1-2-7-18-9/h1-7H. The van der Waals surface area contributed by atoms with Crippen molar-refractivity contribution >= 4 is 5.78 Å². The maximum atomic E-state index is 13.7. The summed E-state index contributed by atoms with van der Waals surface area (Å²) < 4.78 is 54.1. The predicted molar refractivity (Wildman–Crippen MR) is 60.8 cm³/mol. The fourth-order valence-electron chi connectivity index (χ4n) is 1.56. The van der Waals surface area contributed by atoms with E-state index in [2.05, 4.69) is 9.72 Å². The van der Waals surface area contributed by atoms with Crippen LogP contribution < -0.4 is 4.74 Å². The zero-order valence-corrected chi connectivity index (χ0v) is 9.82. The van der Waals surface area contributed by atoms with Crippen LogP contribution in [0.3, 0.4) is 0 Å². The molecule has 0 atom stereocenters. The topological polar surface area (TPSA) is 39.2 Å². The van der Waals surface area contributed by atoms with Gasteiger partial charge in [-0.05, 0) is 24.3 Å². The summed E-state index contributed by atoms with van der Waals surface area (Å²) in [4.78, 5) is 15.7. The summed E-state index contributed by atoms with van der Waals surface area (Å²) >= 11 is 0. The zero-order valence-electron chi connectivity index (χ0n) is 9.82. The number of carbonyl (C=O) groups excluding carboxylic acids is 1. The lowest BCUT2D eigenvalue weighted by Crippen LogP contribution is -2.20. The van der Waals surface area contributed by atoms with Crippen LogP contribution in [-0.4, -0.2) is 17.1 Å². The molecule has 0 spiro atoms. The van der Waals surface area contributed by atoms with E-state index in [1.54, 1.807) is 0 Å². The molecule has 7 heteroatoms. The lowest BCUT2D eigenvalue weighted by molar-refractivity contribution is -0.274. The van der Waals surface area contributed by atoms with Crippen molar-refractivity contribution in [3.63, 3.8) is 0 Å². The van der Waals surface area contributed by atoms with Gasteiger partial charge in [-0.25, -0.2) is 4.39 Å². The molecule has 0 amide bonds. The van der Waals surface area contributed by atoms with E-state index in [9.17, 15) is 22.4 Å². The highest BCUT2D eigenvalue weighted by Crippen LogP contribution is 2.29. The normalized spacial score (nSPS) is 11.2. The van der Waals surface area contributed by atoms with Crippen LogP contribution in [0.5, 0.6) is 5.75 Å². The summed E-state index contributed by atoms with van der Waals surface area (Å²) in [6.45, 7) is 0. The lowest BCUT2D eigenvalue weighted by Gasteiger charge is -2.12. The van der Waals surface area contributed by atoms with E-state index in [1.807, 2.05) is 0 Å². The Morgan fingerprint density at radius 2 is 1.85 bits per heavy atom. The molecule has 0 saturated carbocycles. The Morgan fingerprint density at radius 1 is 1.10 bits per heavy atom. The van der Waals surface area contributed by atoms with Gasteiger partial charge in [0.1, 0.15) is 22.8 Å². The number of halogens is 4. The molecule has 0 saturated heterocycles. The van der Waals surface area contributed by atoms with Gasteiger partial charge in [-0.2, -0.15) is 0 Å². The van der Waals surface area contributed by atoms with E-state index in [0.717, 1.165) is 18.2 Å². The molecule has 1 heterocycles. The third kappa shape index (κ3) is 3.11. The molecule has 0 aliphatic heterocycles. The number of aromatic nitrogens is 1. The first-order valence-corrected chi connectivity index (χ1v) is 5.38. The fourth-order valence-corrected chi connectivity index (χ4v) is 1.56. The van der Waals surface area contributed by atoms with Crippen LogP contribution in [0.25, 0.3) is 0 Å². The summed E-state index contributed by atoms with van der Waals surface area (Å²) in [6.07, 6.45) is -3.74. The Hall–Kier alpha value is -2.44. The van der Waals surface area contributed by atoms with E-state index in [4.69, 9.17) is 0 Å². The molecule has 2 aromatic rings. The third-order valence-corrected chi connectivity index (χ3v) is 2.33. The van der Waals surface area contributed by atoms with E-state index >= 15 is 0 Å². The predicted octanol–water partition coefficient (Wildman–Crippen LogP) is 3.35. The second-order valence-electron chi connectivity index (χ2n) is 3.70. The van der Waals surface area contributed by atoms with Crippen LogP contribution >= 0.6 is 0 Å². The summed E-state index contributed by atoms with van der Waals surface area (Å²) in [6, 6.07) is 7.01. The highest BCUT2D eigenvalue weighted by atomic mass is 19.4. The van der Waals surface area contributed by atoms with Gasteiger partial charge in [-0.1, -0.05) is 12.1 Å². The largest absolute Gasteiger partial charge is 0.573 e. The lowest BCUT2D eigenvalue weighted by atomic mass is 10.1.